The Balaban J connectivity index is 2.06. The van der Waals surface area contributed by atoms with Gasteiger partial charge in [0.05, 0.1) is 16.3 Å². The van der Waals surface area contributed by atoms with Crippen LogP contribution in [0.1, 0.15) is 0 Å². The zero-order valence-electron chi connectivity index (χ0n) is 11.8. The zero-order chi connectivity index (χ0) is 17.3. The van der Waals surface area contributed by atoms with Crippen molar-refractivity contribution in [2.75, 3.05) is 4.72 Å². The Bertz CT molecular complexity index is 971. The first-order valence-corrected chi connectivity index (χ1v) is 9.10. The lowest BCUT2D eigenvalue weighted by Crippen LogP contribution is -2.15. The molecular formula is C14H9Cl3N4O2S. The highest BCUT2D eigenvalue weighted by Crippen LogP contribution is 2.28. The van der Waals surface area contributed by atoms with Crippen LogP contribution in [-0.4, -0.2) is 23.2 Å². The summed E-state index contributed by atoms with van der Waals surface area (Å²) in [4.78, 5) is 3.78. The van der Waals surface area contributed by atoms with Gasteiger partial charge in [0.15, 0.2) is 0 Å². The Kier molecular flexibility index (Phi) is 4.69. The van der Waals surface area contributed by atoms with Gasteiger partial charge in [-0.1, -0.05) is 34.8 Å². The second-order valence-corrected chi connectivity index (χ2v) is 7.70. The molecule has 1 heterocycles. The number of sulfonamides is 1. The summed E-state index contributed by atoms with van der Waals surface area (Å²) in [6, 6.07) is 8.77. The topological polar surface area (TPSA) is 76.9 Å². The van der Waals surface area contributed by atoms with Crippen LogP contribution < -0.4 is 4.72 Å². The van der Waals surface area contributed by atoms with E-state index >= 15 is 0 Å². The Morgan fingerprint density at radius 1 is 0.958 bits per heavy atom. The second-order valence-electron chi connectivity index (χ2n) is 4.71. The van der Waals surface area contributed by atoms with Gasteiger partial charge in [-0.05, 0) is 36.4 Å². The number of aromatic nitrogens is 3. The molecule has 0 bridgehead atoms. The monoisotopic (exact) mass is 402 g/mol. The van der Waals surface area contributed by atoms with Gasteiger partial charge >= 0.3 is 0 Å². The molecule has 0 saturated carbocycles. The van der Waals surface area contributed by atoms with Crippen LogP contribution in [-0.2, 0) is 10.0 Å². The first-order valence-electron chi connectivity index (χ1n) is 6.49. The van der Waals surface area contributed by atoms with Crippen molar-refractivity contribution in [3.05, 3.63) is 64.1 Å². The molecule has 0 aliphatic rings. The quantitative estimate of drug-likeness (QED) is 0.713. The van der Waals surface area contributed by atoms with Gasteiger partial charge in [0, 0.05) is 15.1 Å². The van der Waals surface area contributed by atoms with E-state index in [2.05, 4.69) is 14.8 Å². The van der Waals surface area contributed by atoms with Crippen LogP contribution in [0.15, 0.2) is 53.9 Å². The van der Waals surface area contributed by atoms with Crippen LogP contribution in [0, 0.1) is 0 Å². The summed E-state index contributed by atoms with van der Waals surface area (Å²) in [7, 11) is -3.93. The van der Waals surface area contributed by atoms with Crippen LogP contribution in [0.4, 0.5) is 5.69 Å². The molecule has 10 heteroatoms. The first kappa shape index (κ1) is 17.0. The van der Waals surface area contributed by atoms with Crippen molar-refractivity contribution in [2.45, 2.75) is 4.90 Å². The number of anilines is 1. The summed E-state index contributed by atoms with van der Waals surface area (Å²) in [5.74, 6) is 0. The van der Waals surface area contributed by atoms with E-state index in [-0.39, 0.29) is 20.6 Å². The van der Waals surface area contributed by atoms with E-state index in [1.165, 1.54) is 41.6 Å². The maximum absolute atomic E-state index is 12.6. The third kappa shape index (κ3) is 3.64. The summed E-state index contributed by atoms with van der Waals surface area (Å²) in [5.41, 5.74) is 0.706. The average Bonchev–Trinajstić information content (AvgIpc) is 3.00. The molecule has 0 unspecified atom stereocenters. The number of halogens is 3. The Morgan fingerprint density at radius 3 is 2.29 bits per heavy atom. The van der Waals surface area contributed by atoms with Crippen molar-refractivity contribution in [2.24, 2.45) is 0 Å². The lowest BCUT2D eigenvalue weighted by atomic mass is 10.3. The van der Waals surface area contributed by atoms with E-state index in [0.717, 1.165) is 0 Å². The molecule has 0 aliphatic heterocycles. The number of hydrogen-bond donors (Lipinski definition) is 1. The minimum atomic E-state index is -3.93. The van der Waals surface area contributed by atoms with Gasteiger partial charge in [-0.2, -0.15) is 5.10 Å². The molecule has 0 atom stereocenters. The van der Waals surface area contributed by atoms with Gasteiger partial charge in [0.1, 0.15) is 12.7 Å². The predicted octanol–water partition coefficient (Wildman–Crippen LogP) is 4.03. The lowest BCUT2D eigenvalue weighted by molar-refractivity contribution is 0.601. The Hall–Kier alpha value is -1.80. The number of rotatable bonds is 4. The molecule has 2 aromatic carbocycles. The Labute approximate surface area is 153 Å². The maximum Gasteiger partial charge on any atom is 0.262 e. The minimum Gasteiger partial charge on any atom is -0.277 e. The van der Waals surface area contributed by atoms with E-state index in [1.54, 1.807) is 12.1 Å². The average molecular weight is 404 g/mol. The molecule has 0 aliphatic carbocycles. The molecule has 124 valence electrons. The summed E-state index contributed by atoms with van der Waals surface area (Å²) in [5, 5.41) is 4.78. The molecule has 1 N–H and O–H groups in total. The number of benzene rings is 2. The number of hydrogen-bond acceptors (Lipinski definition) is 4. The van der Waals surface area contributed by atoms with Crippen molar-refractivity contribution in [1.82, 2.24) is 14.8 Å². The fraction of sp³-hybridized carbons (Fsp3) is 0. The molecule has 6 nitrogen and oxygen atoms in total. The van der Waals surface area contributed by atoms with E-state index in [9.17, 15) is 8.42 Å². The van der Waals surface area contributed by atoms with Gasteiger partial charge in [-0.3, -0.25) is 4.72 Å². The highest BCUT2D eigenvalue weighted by molar-refractivity contribution is 7.92. The summed E-state index contributed by atoms with van der Waals surface area (Å²) in [6.07, 6.45) is 2.78. The van der Waals surface area contributed by atoms with Crippen LogP contribution in [0.2, 0.25) is 15.1 Å². The van der Waals surface area contributed by atoms with Crippen molar-refractivity contribution >= 4 is 50.5 Å². The Morgan fingerprint density at radius 2 is 1.67 bits per heavy atom. The molecule has 0 amide bonds. The first-order chi connectivity index (χ1) is 11.3. The fourth-order valence-corrected chi connectivity index (χ4v) is 3.97. The summed E-state index contributed by atoms with van der Waals surface area (Å²) >= 11 is 17.7. The number of nitrogens with one attached hydrogen (secondary N) is 1. The highest BCUT2D eigenvalue weighted by Gasteiger charge is 2.18. The van der Waals surface area contributed by atoms with Crippen LogP contribution in [0.5, 0.6) is 0 Å². The van der Waals surface area contributed by atoms with Gasteiger partial charge in [0.25, 0.3) is 10.0 Å². The van der Waals surface area contributed by atoms with Gasteiger partial charge in [-0.15, -0.1) is 0 Å². The van der Waals surface area contributed by atoms with Crippen molar-refractivity contribution < 1.29 is 8.42 Å². The molecule has 0 spiro atoms. The van der Waals surface area contributed by atoms with E-state index in [1.807, 2.05) is 0 Å². The van der Waals surface area contributed by atoms with Crippen molar-refractivity contribution in [3.8, 4) is 5.69 Å². The van der Waals surface area contributed by atoms with E-state index in [0.29, 0.717) is 10.7 Å². The van der Waals surface area contributed by atoms with E-state index < -0.39 is 10.0 Å². The van der Waals surface area contributed by atoms with Crippen LogP contribution in [0.3, 0.4) is 0 Å². The maximum atomic E-state index is 12.6. The van der Waals surface area contributed by atoms with E-state index in [4.69, 9.17) is 34.8 Å². The molecule has 0 fully saturated rings. The minimum absolute atomic E-state index is 0.0653. The summed E-state index contributed by atoms with van der Waals surface area (Å²) in [6.45, 7) is 0. The molecule has 24 heavy (non-hydrogen) atoms. The fourth-order valence-electron chi connectivity index (χ4n) is 2.01. The normalized spacial score (nSPS) is 11.5. The molecular weight excluding hydrogens is 395 g/mol. The SMILES string of the molecule is O=S(=O)(Nc1cc(Cl)ccc1-n1cncn1)c1cc(Cl)cc(Cl)c1. The van der Waals surface area contributed by atoms with Crippen molar-refractivity contribution in [1.29, 1.82) is 0 Å². The predicted molar refractivity (Wildman–Crippen MR) is 93.6 cm³/mol. The van der Waals surface area contributed by atoms with Gasteiger partial charge < -0.3 is 0 Å². The molecule has 3 aromatic rings. The largest absolute Gasteiger partial charge is 0.277 e. The van der Waals surface area contributed by atoms with Gasteiger partial charge in [0.2, 0.25) is 0 Å². The molecule has 0 radical (unpaired) electrons. The van der Waals surface area contributed by atoms with Crippen LogP contribution in [0.25, 0.3) is 5.69 Å². The molecule has 0 saturated heterocycles. The third-order valence-electron chi connectivity index (χ3n) is 3.01. The molecule has 1 aromatic heterocycles. The van der Waals surface area contributed by atoms with Gasteiger partial charge in [-0.25, -0.2) is 18.1 Å². The molecule has 3 rings (SSSR count). The standard InChI is InChI=1S/C14H9Cl3N4O2S/c15-9-1-2-14(21-8-18-7-19-21)13(6-9)20-24(22,23)12-4-10(16)3-11(17)5-12/h1-8,20H. The highest BCUT2D eigenvalue weighted by atomic mass is 35.5. The van der Waals surface area contributed by atoms with Crippen molar-refractivity contribution in [3.63, 3.8) is 0 Å². The number of nitrogens with zero attached hydrogens (tertiary/aromatic N) is 3. The summed E-state index contributed by atoms with van der Waals surface area (Å²) < 4.78 is 29.1. The third-order valence-corrected chi connectivity index (χ3v) is 5.03. The van der Waals surface area contributed by atoms with Crippen LogP contribution >= 0.6 is 34.8 Å². The smallest absolute Gasteiger partial charge is 0.262 e. The zero-order valence-corrected chi connectivity index (χ0v) is 14.9. The second kappa shape index (κ2) is 6.60. The lowest BCUT2D eigenvalue weighted by Gasteiger charge is -2.13.